The minimum Gasteiger partial charge on any atom is -0.444 e. The molecule has 1 atom stereocenters. The van der Waals surface area contributed by atoms with Gasteiger partial charge in [-0.2, -0.15) is 0 Å². The highest BCUT2D eigenvalue weighted by atomic mass is 32.1. The number of nitrogens with zero attached hydrogens (tertiary/aromatic N) is 2. The van der Waals surface area contributed by atoms with Crippen molar-refractivity contribution in [2.75, 3.05) is 5.32 Å². The van der Waals surface area contributed by atoms with E-state index in [4.69, 9.17) is 4.74 Å². The fraction of sp³-hybridized carbons (Fsp3) is 0.438. The molecular weight excluding hydrogens is 314 g/mol. The lowest BCUT2D eigenvalue weighted by molar-refractivity contribution is 0.0635. The summed E-state index contributed by atoms with van der Waals surface area (Å²) in [6.45, 7) is 10.9. The molecule has 0 radical (unpaired) electrons. The molecule has 2 aromatic rings. The standard InChI is InChI=1S/C16H21N3O3S/c1-6-7-11(20)12-10(19-15(21)22-16(3,4)5)8-17-14-13(12)18-9(2)23-14/h6,8,11,20H,1,7H2,2-5H3,(H,19,21). The van der Waals surface area contributed by atoms with Crippen LogP contribution in [0.2, 0.25) is 0 Å². The van der Waals surface area contributed by atoms with Gasteiger partial charge in [-0.25, -0.2) is 14.8 Å². The number of pyridine rings is 1. The first-order valence-corrected chi connectivity index (χ1v) is 8.08. The average Bonchev–Trinajstić information content (AvgIpc) is 2.76. The van der Waals surface area contributed by atoms with Crippen LogP contribution < -0.4 is 5.32 Å². The van der Waals surface area contributed by atoms with Crippen LogP contribution in [-0.4, -0.2) is 26.8 Å². The number of ether oxygens (including phenoxy) is 1. The molecule has 23 heavy (non-hydrogen) atoms. The minimum atomic E-state index is -0.829. The topological polar surface area (TPSA) is 84.3 Å². The van der Waals surface area contributed by atoms with E-state index in [2.05, 4.69) is 21.9 Å². The second-order valence-electron chi connectivity index (χ2n) is 6.14. The van der Waals surface area contributed by atoms with Crippen molar-refractivity contribution in [3.63, 3.8) is 0 Å². The van der Waals surface area contributed by atoms with E-state index in [1.54, 1.807) is 26.8 Å². The quantitative estimate of drug-likeness (QED) is 0.826. The normalized spacial score (nSPS) is 12.9. The molecule has 0 saturated carbocycles. The predicted molar refractivity (Wildman–Crippen MR) is 91.8 cm³/mol. The molecule has 0 aliphatic carbocycles. The van der Waals surface area contributed by atoms with Gasteiger partial charge >= 0.3 is 6.09 Å². The average molecular weight is 335 g/mol. The van der Waals surface area contributed by atoms with E-state index in [1.807, 2.05) is 6.92 Å². The number of aryl methyl sites for hydroxylation is 1. The third-order valence-electron chi connectivity index (χ3n) is 2.93. The van der Waals surface area contributed by atoms with Crippen LogP contribution in [0.5, 0.6) is 0 Å². The second-order valence-corrected chi connectivity index (χ2v) is 7.32. The van der Waals surface area contributed by atoms with Crippen molar-refractivity contribution < 1.29 is 14.6 Å². The Bertz CT molecular complexity index is 734. The Kier molecular flexibility index (Phi) is 5.01. The van der Waals surface area contributed by atoms with Crippen LogP contribution in [0.1, 0.15) is 43.9 Å². The maximum absolute atomic E-state index is 12.0. The van der Waals surface area contributed by atoms with Crippen molar-refractivity contribution in [2.24, 2.45) is 0 Å². The first-order chi connectivity index (χ1) is 10.7. The van der Waals surface area contributed by atoms with Gasteiger partial charge in [-0.15, -0.1) is 6.58 Å². The van der Waals surface area contributed by atoms with Crippen molar-refractivity contribution in [1.82, 2.24) is 9.97 Å². The Morgan fingerprint density at radius 3 is 2.87 bits per heavy atom. The number of carbonyl (C=O) groups excluding carboxylic acids is 1. The van der Waals surface area contributed by atoms with Crippen LogP contribution in [0.15, 0.2) is 18.9 Å². The van der Waals surface area contributed by atoms with Gasteiger partial charge in [0.15, 0.2) is 0 Å². The predicted octanol–water partition coefficient (Wildman–Crippen LogP) is 3.96. The van der Waals surface area contributed by atoms with Gasteiger partial charge in [-0.05, 0) is 34.1 Å². The van der Waals surface area contributed by atoms with Gasteiger partial charge in [-0.1, -0.05) is 17.4 Å². The molecule has 0 aliphatic heterocycles. The van der Waals surface area contributed by atoms with E-state index in [0.717, 1.165) is 9.84 Å². The third-order valence-corrected chi connectivity index (χ3v) is 3.81. The van der Waals surface area contributed by atoms with E-state index < -0.39 is 17.8 Å². The molecule has 2 rings (SSSR count). The fourth-order valence-electron chi connectivity index (χ4n) is 2.13. The van der Waals surface area contributed by atoms with Crippen LogP contribution in [0.4, 0.5) is 10.5 Å². The number of hydrogen-bond acceptors (Lipinski definition) is 6. The zero-order valence-corrected chi connectivity index (χ0v) is 14.5. The maximum atomic E-state index is 12.0. The van der Waals surface area contributed by atoms with E-state index in [9.17, 15) is 9.90 Å². The Labute approximate surface area is 139 Å². The molecule has 1 unspecified atom stereocenters. The van der Waals surface area contributed by atoms with E-state index >= 15 is 0 Å². The summed E-state index contributed by atoms with van der Waals surface area (Å²) < 4.78 is 5.26. The van der Waals surface area contributed by atoms with Crippen molar-refractivity contribution in [2.45, 2.75) is 45.8 Å². The smallest absolute Gasteiger partial charge is 0.412 e. The summed E-state index contributed by atoms with van der Waals surface area (Å²) in [4.78, 5) is 21.5. The summed E-state index contributed by atoms with van der Waals surface area (Å²) in [7, 11) is 0. The van der Waals surface area contributed by atoms with E-state index in [-0.39, 0.29) is 0 Å². The molecule has 1 amide bonds. The summed E-state index contributed by atoms with van der Waals surface area (Å²) in [5.41, 5.74) is 0.908. The molecular formula is C16H21N3O3S. The number of hydrogen-bond donors (Lipinski definition) is 2. The molecule has 0 aliphatic rings. The largest absolute Gasteiger partial charge is 0.444 e. The highest BCUT2D eigenvalue weighted by Gasteiger charge is 2.22. The first-order valence-electron chi connectivity index (χ1n) is 7.26. The van der Waals surface area contributed by atoms with Crippen LogP contribution in [0.25, 0.3) is 10.3 Å². The van der Waals surface area contributed by atoms with Crippen molar-refractivity contribution in [3.05, 3.63) is 29.4 Å². The van der Waals surface area contributed by atoms with Gasteiger partial charge in [0.25, 0.3) is 0 Å². The zero-order chi connectivity index (χ0) is 17.2. The fourth-order valence-corrected chi connectivity index (χ4v) is 2.90. The number of carbonyl (C=O) groups is 1. The van der Waals surface area contributed by atoms with Gasteiger partial charge in [0.05, 0.1) is 23.0 Å². The van der Waals surface area contributed by atoms with Crippen LogP contribution in [0.3, 0.4) is 0 Å². The van der Waals surface area contributed by atoms with Crippen LogP contribution in [-0.2, 0) is 4.74 Å². The lowest BCUT2D eigenvalue weighted by Crippen LogP contribution is -2.27. The monoisotopic (exact) mass is 335 g/mol. The maximum Gasteiger partial charge on any atom is 0.412 e. The summed E-state index contributed by atoms with van der Waals surface area (Å²) >= 11 is 1.44. The van der Waals surface area contributed by atoms with Gasteiger partial charge in [-0.3, -0.25) is 5.32 Å². The Hall–Kier alpha value is -1.99. The number of rotatable bonds is 4. The second kappa shape index (κ2) is 6.64. The van der Waals surface area contributed by atoms with Crippen LogP contribution in [0, 0.1) is 6.92 Å². The van der Waals surface area contributed by atoms with Crippen molar-refractivity contribution in [1.29, 1.82) is 0 Å². The highest BCUT2D eigenvalue weighted by molar-refractivity contribution is 7.18. The van der Waals surface area contributed by atoms with Gasteiger partial charge < -0.3 is 9.84 Å². The minimum absolute atomic E-state index is 0.346. The van der Waals surface area contributed by atoms with Crippen LogP contribution >= 0.6 is 11.3 Å². The van der Waals surface area contributed by atoms with Crippen molar-refractivity contribution in [3.8, 4) is 0 Å². The molecule has 6 nitrogen and oxygen atoms in total. The first kappa shape index (κ1) is 17.4. The summed E-state index contributed by atoms with van der Waals surface area (Å²) in [5, 5.41) is 13.9. The molecule has 0 fully saturated rings. The number of nitrogens with one attached hydrogen (secondary N) is 1. The van der Waals surface area contributed by atoms with Gasteiger partial charge in [0.2, 0.25) is 0 Å². The van der Waals surface area contributed by atoms with Gasteiger partial charge in [0, 0.05) is 5.56 Å². The summed E-state index contributed by atoms with van der Waals surface area (Å²) in [6, 6.07) is 0. The number of aromatic nitrogens is 2. The number of fused-ring (bicyclic) bond motifs is 1. The molecule has 2 aromatic heterocycles. The lowest BCUT2D eigenvalue weighted by Gasteiger charge is -2.21. The number of thiazole rings is 1. The molecule has 0 bridgehead atoms. The van der Waals surface area contributed by atoms with Gasteiger partial charge in [0.1, 0.15) is 15.9 Å². The zero-order valence-electron chi connectivity index (χ0n) is 13.7. The van der Waals surface area contributed by atoms with E-state index in [1.165, 1.54) is 17.5 Å². The Morgan fingerprint density at radius 2 is 2.26 bits per heavy atom. The lowest BCUT2D eigenvalue weighted by atomic mass is 10.1. The Morgan fingerprint density at radius 1 is 1.57 bits per heavy atom. The number of anilines is 1. The SMILES string of the molecule is C=CCC(O)c1c(NC(=O)OC(C)(C)C)cnc2sc(C)nc12. The number of aliphatic hydroxyl groups excluding tert-OH is 1. The summed E-state index contributed by atoms with van der Waals surface area (Å²) in [5.74, 6) is 0. The highest BCUT2D eigenvalue weighted by Crippen LogP contribution is 2.34. The molecule has 124 valence electrons. The molecule has 7 heteroatoms. The number of aliphatic hydroxyl groups is 1. The summed E-state index contributed by atoms with van der Waals surface area (Å²) in [6.07, 6.45) is 2.06. The molecule has 0 spiro atoms. The molecule has 2 N–H and O–H groups in total. The molecule has 0 saturated heterocycles. The number of amides is 1. The third kappa shape index (κ3) is 4.27. The van der Waals surface area contributed by atoms with E-state index in [0.29, 0.717) is 23.2 Å². The Balaban J connectivity index is 2.43. The van der Waals surface area contributed by atoms with Crippen molar-refractivity contribution >= 4 is 33.5 Å². The molecule has 0 aromatic carbocycles. The molecule has 2 heterocycles.